The topological polar surface area (TPSA) is 12.0 Å². The second kappa shape index (κ2) is 5.33. The summed E-state index contributed by atoms with van der Waals surface area (Å²) in [4.78, 5) is 1.50. The second-order valence-corrected chi connectivity index (χ2v) is 6.30. The fourth-order valence-corrected chi connectivity index (χ4v) is 3.36. The van der Waals surface area contributed by atoms with Crippen LogP contribution in [0.1, 0.15) is 44.4 Å². The molecule has 0 bridgehead atoms. The summed E-state index contributed by atoms with van der Waals surface area (Å²) >= 11 is 1.87. The molecule has 16 heavy (non-hydrogen) atoms. The molecule has 0 amide bonds. The fourth-order valence-electron chi connectivity index (χ4n) is 2.53. The molecule has 90 valence electrons. The van der Waals surface area contributed by atoms with E-state index in [2.05, 4.69) is 36.7 Å². The largest absolute Gasteiger partial charge is 0.313 e. The number of hydrogen-bond acceptors (Lipinski definition) is 2. The van der Waals surface area contributed by atoms with Gasteiger partial charge in [-0.1, -0.05) is 19.4 Å². The van der Waals surface area contributed by atoms with Crippen LogP contribution in [0.25, 0.3) is 0 Å². The predicted molar refractivity (Wildman–Crippen MR) is 72.1 cm³/mol. The number of thiophene rings is 1. The zero-order valence-corrected chi connectivity index (χ0v) is 11.3. The van der Waals surface area contributed by atoms with Crippen molar-refractivity contribution in [2.75, 3.05) is 6.54 Å². The predicted octanol–water partition coefficient (Wildman–Crippen LogP) is 3.85. The maximum atomic E-state index is 3.72. The Labute approximate surface area is 103 Å². The van der Waals surface area contributed by atoms with Gasteiger partial charge in [0.2, 0.25) is 0 Å². The number of hydrogen-bond donors (Lipinski definition) is 1. The Bertz CT molecular complexity index is 295. The lowest BCUT2D eigenvalue weighted by Gasteiger charge is -2.42. The van der Waals surface area contributed by atoms with Crippen LogP contribution in [-0.2, 0) is 6.42 Å². The van der Waals surface area contributed by atoms with Crippen LogP contribution in [0.15, 0.2) is 17.5 Å². The molecule has 1 nitrogen and oxygen atoms in total. The van der Waals surface area contributed by atoms with Gasteiger partial charge < -0.3 is 5.32 Å². The Morgan fingerprint density at radius 1 is 1.50 bits per heavy atom. The summed E-state index contributed by atoms with van der Waals surface area (Å²) in [5, 5.41) is 5.89. The standard InChI is InChI=1S/C14H23NS/c1-3-14(7-5-8-14)11-15-12(2)10-13-6-4-9-16-13/h4,6,9,12,15H,3,5,7-8,10-11H2,1-2H3. The van der Waals surface area contributed by atoms with Gasteiger partial charge in [-0.3, -0.25) is 0 Å². The van der Waals surface area contributed by atoms with E-state index in [1.54, 1.807) is 0 Å². The van der Waals surface area contributed by atoms with Crippen molar-refractivity contribution in [1.82, 2.24) is 5.32 Å². The fraction of sp³-hybridized carbons (Fsp3) is 0.714. The normalized spacial score (nSPS) is 20.4. The second-order valence-electron chi connectivity index (χ2n) is 5.27. The monoisotopic (exact) mass is 237 g/mol. The van der Waals surface area contributed by atoms with E-state index in [9.17, 15) is 0 Å². The zero-order valence-electron chi connectivity index (χ0n) is 10.5. The first-order valence-corrected chi connectivity index (χ1v) is 7.38. The molecular formula is C14H23NS. The summed E-state index contributed by atoms with van der Waals surface area (Å²) in [6, 6.07) is 5.00. The first-order valence-electron chi connectivity index (χ1n) is 6.50. The van der Waals surface area contributed by atoms with Crippen LogP contribution in [0.2, 0.25) is 0 Å². The molecule has 1 aliphatic carbocycles. The van der Waals surface area contributed by atoms with Gasteiger partial charge in [0.15, 0.2) is 0 Å². The molecule has 1 aliphatic rings. The Morgan fingerprint density at radius 3 is 2.81 bits per heavy atom. The molecule has 1 unspecified atom stereocenters. The molecule has 2 heteroatoms. The third-order valence-electron chi connectivity index (χ3n) is 4.08. The van der Waals surface area contributed by atoms with Crippen LogP contribution >= 0.6 is 11.3 Å². The molecule has 1 fully saturated rings. The van der Waals surface area contributed by atoms with E-state index in [1.165, 1.54) is 43.5 Å². The van der Waals surface area contributed by atoms with E-state index in [0.29, 0.717) is 11.5 Å². The molecule has 1 heterocycles. The highest BCUT2D eigenvalue weighted by Gasteiger charge is 2.34. The SMILES string of the molecule is CCC1(CNC(C)Cc2cccs2)CCC1. The minimum Gasteiger partial charge on any atom is -0.313 e. The maximum absolute atomic E-state index is 3.72. The summed E-state index contributed by atoms with van der Waals surface area (Å²) < 4.78 is 0. The van der Waals surface area contributed by atoms with Gasteiger partial charge in [0.1, 0.15) is 0 Å². The van der Waals surface area contributed by atoms with Crippen molar-refractivity contribution in [3.8, 4) is 0 Å². The van der Waals surface area contributed by atoms with Crippen molar-refractivity contribution in [3.63, 3.8) is 0 Å². The van der Waals surface area contributed by atoms with Gasteiger partial charge >= 0.3 is 0 Å². The van der Waals surface area contributed by atoms with Crippen LogP contribution in [0.5, 0.6) is 0 Å². The minimum absolute atomic E-state index is 0.614. The van der Waals surface area contributed by atoms with Gasteiger partial charge in [-0.05, 0) is 49.5 Å². The van der Waals surface area contributed by atoms with Gasteiger partial charge in [-0.15, -0.1) is 11.3 Å². The molecule has 0 radical (unpaired) electrons. The van der Waals surface area contributed by atoms with E-state index in [4.69, 9.17) is 0 Å². The third kappa shape index (κ3) is 2.86. The van der Waals surface area contributed by atoms with Gasteiger partial charge in [0.25, 0.3) is 0 Å². The molecule has 0 aromatic carbocycles. The molecule has 1 aromatic heterocycles. The van der Waals surface area contributed by atoms with Crippen LogP contribution in [0.3, 0.4) is 0 Å². The quantitative estimate of drug-likeness (QED) is 0.792. The first-order chi connectivity index (χ1) is 7.74. The zero-order chi connectivity index (χ0) is 11.4. The van der Waals surface area contributed by atoms with Crippen molar-refractivity contribution in [2.45, 2.75) is 52.0 Å². The maximum Gasteiger partial charge on any atom is 0.00872 e. The van der Waals surface area contributed by atoms with E-state index < -0.39 is 0 Å². The summed E-state index contributed by atoms with van der Waals surface area (Å²) in [7, 11) is 0. The van der Waals surface area contributed by atoms with Gasteiger partial charge in [-0.2, -0.15) is 0 Å². The summed E-state index contributed by atoms with van der Waals surface area (Å²) in [6.07, 6.45) is 6.82. The summed E-state index contributed by atoms with van der Waals surface area (Å²) in [5.41, 5.74) is 0.643. The summed E-state index contributed by atoms with van der Waals surface area (Å²) in [5.74, 6) is 0. The highest BCUT2D eigenvalue weighted by molar-refractivity contribution is 7.09. The van der Waals surface area contributed by atoms with E-state index in [0.717, 1.165) is 0 Å². The molecule has 0 aliphatic heterocycles. The number of nitrogens with one attached hydrogen (secondary N) is 1. The molecule has 1 N–H and O–H groups in total. The van der Waals surface area contributed by atoms with Crippen molar-refractivity contribution in [2.24, 2.45) is 5.41 Å². The Balaban J connectivity index is 1.73. The molecule has 1 aromatic rings. The van der Waals surface area contributed by atoms with Crippen LogP contribution in [0, 0.1) is 5.41 Å². The highest BCUT2D eigenvalue weighted by atomic mass is 32.1. The van der Waals surface area contributed by atoms with Crippen molar-refractivity contribution < 1.29 is 0 Å². The highest BCUT2D eigenvalue weighted by Crippen LogP contribution is 2.43. The lowest BCUT2D eigenvalue weighted by atomic mass is 9.67. The Morgan fingerprint density at radius 2 is 2.31 bits per heavy atom. The number of rotatable bonds is 6. The van der Waals surface area contributed by atoms with Crippen LogP contribution in [0.4, 0.5) is 0 Å². The van der Waals surface area contributed by atoms with Crippen molar-refractivity contribution >= 4 is 11.3 Å². The smallest absolute Gasteiger partial charge is 0.00872 e. The average Bonchev–Trinajstić information content (AvgIpc) is 2.69. The average molecular weight is 237 g/mol. The molecular weight excluding hydrogens is 214 g/mol. The van der Waals surface area contributed by atoms with E-state index in [-0.39, 0.29) is 0 Å². The Kier molecular flexibility index (Phi) is 4.04. The minimum atomic E-state index is 0.614. The van der Waals surface area contributed by atoms with Gasteiger partial charge in [0, 0.05) is 17.5 Å². The molecule has 0 spiro atoms. The van der Waals surface area contributed by atoms with Crippen LogP contribution < -0.4 is 5.32 Å². The molecule has 0 saturated heterocycles. The molecule has 1 saturated carbocycles. The summed E-state index contributed by atoms with van der Waals surface area (Å²) in [6.45, 7) is 5.86. The molecule has 2 rings (SSSR count). The first kappa shape index (κ1) is 12.1. The lowest BCUT2D eigenvalue weighted by Crippen LogP contribution is -2.43. The lowest BCUT2D eigenvalue weighted by molar-refractivity contribution is 0.120. The van der Waals surface area contributed by atoms with Crippen molar-refractivity contribution in [3.05, 3.63) is 22.4 Å². The van der Waals surface area contributed by atoms with E-state index in [1.807, 2.05) is 11.3 Å². The van der Waals surface area contributed by atoms with Gasteiger partial charge in [0.05, 0.1) is 0 Å². The third-order valence-corrected chi connectivity index (χ3v) is 4.98. The Hall–Kier alpha value is -0.340. The van der Waals surface area contributed by atoms with E-state index >= 15 is 0 Å². The van der Waals surface area contributed by atoms with Crippen molar-refractivity contribution in [1.29, 1.82) is 0 Å². The van der Waals surface area contributed by atoms with Crippen LogP contribution in [-0.4, -0.2) is 12.6 Å². The van der Waals surface area contributed by atoms with Gasteiger partial charge in [-0.25, -0.2) is 0 Å². The molecule has 1 atom stereocenters.